The Bertz CT molecular complexity index is 1010. The van der Waals surface area contributed by atoms with Crippen LogP contribution in [0.3, 0.4) is 0 Å². The molecule has 0 aliphatic rings. The Balaban J connectivity index is 1.72. The molecule has 0 fully saturated rings. The third-order valence-corrected chi connectivity index (χ3v) is 5.12. The summed E-state index contributed by atoms with van der Waals surface area (Å²) in [6.07, 6.45) is 8.54. The summed E-state index contributed by atoms with van der Waals surface area (Å²) in [5.74, 6) is 2.48. The van der Waals surface area contributed by atoms with E-state index in [4.69, 9.17) is 4.98 Å². The fourth-order valence-electron chi connectivity index (χ4n) is 3.24. The summed E-state index contributed by atoms with van der Waals surface area (Å²) >= 11 is 1.60. The maximum Gasteiger partial charge on any atom is 0.169 e. The predicted molar refractivity (Wildman–Crippen MR) is 104 cm³/mol. The van der Waals surface area contributed by atoms with Gasteiger partial charge in [0.15, 0.2) is 10.8 Å². The summed E-state index contributed by atoms with van der Waals surface area (Å²) in [6, 6.07) is 2.13. The SMILES string of the molecule is CCn1c(Cn2ccnc2-c2nccs2)nc2cc(CC(C)C)ncc21. The van der Waals surface area contributed by atoms with Gasteiger partial charge in [-0.25, -0.2) is 15.0 Å². The highest BCUT2D eigenvalue weighted by atomic mass is 32.1. The standard InChI is InChI=1S/C19H22N6S/c1-4-25-16-11-22-14(9-13(2)3)10-15(16)23-17(25)12-24-7-5-20-18(24)19-21-6-8-26-19/h5-8,10-11,13H,4,9,12H2,1-3H3. The van der Waals surface area contributed by atoms with E-state index in [-0.39, 0.29) is 0 Å². The first-order chi connectivity index (χ1) is 12.7. The van der Waals surface area contributed by atoms with Gasteiger partial charge in [-0.05, 0) is 25.3 Å². The van der Waals surface area contributed by atoms with Crippen molar-refractivity contribution in [3.63, 3.8) is 0 Å². The third kappa shape index (κ3) is 3.14. The molecule has 0 unspecified atom stereocenters. The minimum atomic E-state index is 0.583. The molecule has 0 saturated heterocycles. The second kappa shape index (κ2) is 6.99. The smallest absolute Gasteiger partial charge is 0.169 e. The van der Waals surface area contributed by atoms with E-state index in [1.165, 1.54) is 0 Å². The van der Waals surface area contributed by atoms with E-state index >= 15 is 0 Å². The van der Waals surface area contributed by atoms with Crippen molar-refractivity contribution >= 4 is 22.4 Å². The van der Waals surface area contributed by atoms with E-state index in [0.29, 0.717) is 12.5 Å². The molecule has 0 amide bonds. The molecule has 4 heterocycles. The second-order valence-electron chi connectivity index (χ2n) is 6.75. The van der Waals surface area contributed by atoms with Gasteiger partial charge in [-0.2, -0.15) is 0 Å². The van der Waals surface area contributed by atoms with E-state index in [1.807, 2.05) is 30.2 Å². The van der Waals surface area contributed by atoms with E-state index in [1.54, 1.807) is 11.3 Å². The minimum absolute atomic E-state index is 0.583. The molecule has 4 aromatic heterocycles. The largest absolute Gasteiger partial charge is 0.325 e. The van der Waals surface area contributed by atoms with Crippen molar-refractivity contribution in [1.29, 1.82) is 0 Å². The van der Waals surface area contributed by atoms with Crippen LogP contribution in [0.1, 0.15) is 32.3 Å². The van der Waals surface area contributed by atoms with Crippen LogP contribution in [0.5, 0.6) is 0 Å². The molecule has 0 aliphatic carbocycles. The van der Waals surface area contributed by atoms with Gasteiger partial charge in [-0.15, -0.1) is 11.3 Å². The molecule has 0 aromatic carbocycles. The Labute approximate surface area is 156 Å². The Kier molecular flexibility index (Phi) is 4.55. The fourth-order valence-corrected chi connectivity index (χ4v) is 3.89. The van der Waals surface area contributed by atoms with Crippen molar-refractivity contribution in [2.75, 3.05) is 0 Å². The molecule has 26 heavy (non-hydrogen) atoms. The van der Waals surface area contributed by atoms with Crippen LogP contribution in [0.15, 0.2) is 36.2 Å². The Hall–Kier alpha value is -2.54. The van der Waals surface area contributed by atoms with Crippen LogP contribution in [0, 0.1) is 5.92 Å². The molecule has 6 nitrogen and oxygen atoms in total. The zero-order valence-electron chi connectivity index (χ0n) is 15.3. The highest BCUT2D eigenvalue weighted by Crippen LogP contribution is 2.23. The molecule has 7 heteroatoms. The summed E-state index contributed by atoms with van der Waals surface area (Å²) < 4.78 is 4.34. The number of thiazole rings is 1. The molecule has 0 N–H and O–H groups in total. The lowest BCUT2D eigenvalue weighted by Crippen LogP contribution is -2.08. The second-order valence-corrected chi connectivity index (χ2v) is 7.65. The first kappa shape index (κ1) is 16.9. The first-order valence-electron chi connectivity index (χ1n) is 8.90. The molecule has 0 spiro atoms. The third-order valence-electron chi connectivity index (χ3n) is 4.35. The van der Waals surface area contributed by atoms with Crippen LogP contribution in [-0.2, 0) is 19.5 Å². The lowest BCUT2D eigenvalue weighted by Gasteiger charge is -2.08. The maximum atomic E-state index is 4.91. The zero-order valence-corrected chi connectivity index (χ0v) is 16.1. The van der Waals surface area contributed by atoms with Crippen LogP contribution in [0.2, 0.25) is 0 Å². The Morgan fingerprint density at radius 3 is 2.77 bits per heavy atom. The zero-order chi connectivity index (χ0) is 18.1. The lowest BCUT2D eigenvalue weighted by atomic mass is 10.1. The number of pyridine rings is 1. The van der Waals surface area contributed by atoms with Crippen LogP contribution >= 0.6 is 11.3 Å². The summed E-state index contributed by atoms with van der Waals surface area (Å²) in [4.78, 5) is 18.4. The molecule has 134 valence electrons. The van der Waals surface area contributed by atoms with Crippen molar-refractivity contribution in [3.05, 3.63) is 47.8 Å². The number of aryl methyl sites for hydroxylation is 1. The lowest BCUT2D eigenvalue weighted by molar-refractivity contribution is 0.636. The Morgan fingerprint density at radius 2 is 2.04 bits per heavy atom. The van der Waals surface area contributed by atoms with Crippen molar-refractivity contribution in [3.8, 4) is 10.8 Å². The number of hydrogen-bond acceptors (Lipinski definition) is 5. The highest BCUT2D eigenvalue weighted by molar-refractivity contribution is 7.13. The van der Waals surface area contributed by atoms with Gasteiger partial charge in [0.1, 0.15) is 5.82 Å². The van der Waals surface area contributed by atoms with Crippen LogP contribution in [0.4, 0.5) is 0 Å². The van der Waals surface area contributed by atoms with Gasteiger partial charge in [0.05, 0.1) is 23.8 Å². The average molecular weight is 366 g/mol. The van der Waals surface area contributed by atoms with E-state index in [2.05, 4.69) is 50.9 Å². The fraction of sp³-hybridized carbons (Fsp3) is 0.368. The van der Waals surface area contributed by atoms with Crippen molar-refractivity contribution < 1.29 is 0 Å². The van der Waals surface area contributed by atoms with Gasteiger partial charge < -0.3 is 9.13 Å². The van der Waals surface area contributed by atoms with Crippen molar-refractivity contribution in [2.45, 2.75) is 40.3 Å². The summed E-state index contributed by atoms with van der Waals surface area (Å²) in [7, 11) is 0. The quantitative estimate of drug-likeness (QED) is 0.517. The molecule has 4 aromatic rings. The summed E-state index contributed by atoms with van der Waals surface area (Å²) in [5, 5.41) is 2.90. The van der Waals surface area contributed by atoms with Gasteiger partial charge in [-0.1, -0.05) is 13.8 Å². The molecule has 4 rings (SSSR count). The van der Waals surface area contributed by atoms with E-state index in [0.717, 1.165) is 46.3 Å². The molecule has 0 aliphatic heterocycles. The number of fused-ring (bicyclic) bond motifs is 1. The topological polar surface area (TPSA) is 61.4 Å². The molecule has 0 radical (unpaired) electrons. The number of nitrogens with zero attached hydrogens (tertiary/aromatic N) is 6. The van der Waals surface area contributed by atoms with E-state index in [9.17, 15) is 0 Å². The normalized spacial score (nSPS) is 11.7. The minimum Gasteiger partial charge on any atom is -0.325 e. The van der Waals surface area contributed by atoms with Crippen LogP contribution in [0.25, 0.3) is 21.9 Å². The van der Waals surface area contributed by atoms with Gasteiger partial charge in [0.2, 0.25) is 0 Å². The average Bonchev–Trinajstić information content (AvgIpc) is 3.32. The first-order valence-corrected chi connectivity index (χ1v) is 9.78. The maximum absolute atomic E-state index is 4.91. The highest BCUT2D eigenvalue weighted by Gasteiger charge is 2.15. The monoisotopic (exact) mass is 366 g/mol. The number of aromatic nitrogens is 6. The van der Waals surface area contributed by atoms with E-state index < -0.39 is 0 Å². The molecular weight excluding hydrogens is 344 g/mol. The number of imidazole rings is 2. The molecule has 0 saturated carbocycles. The Morgan fingerprint density at radius 1 is 1.15 bits per heavy atom. The molecule has 0 bridgehead atoms. The summed E-state index contributed by atoms with van der Waals surface area (Å²) in [6.45, 7) is 8.08. The predicted octanol–water partition coefficient (Wildman–Crippen LogP) is 4.02. The number of rotatable bonds is 6. The molecule has 0 atom stereocenters. The van der Waals surface area contributed by atoms with Crippen LogP contribution in [-0.4, -0.2) is 29.1 Å². The molecular formula is C19H22N6S. The summed E-state index contributed by atoms with van der Waals surface area (Å²) in [5.41, 5.74) is 3.21. The van der Waals surface area contributed by atoms with Gasteiger partial charge in [0.25, 0.3) is 0 Å². The van der Waals surface area contributed by atoms with Crippen LogP contribution < -0.4 is 0 Å². The number of hydrogen-bond donors (Lipinski definition) is 0. The van der Waals surface area contributed by atoms with Crippen molar-refractivity contribution in [1.82, 2.24) is 29.1 Å². The van der Waals surface area contributed by atoms with Gasteiger partial charge in [0, 0.05) is 36.2 Å². The van der Waals surface area contributed by atoms with Crippen molar-refractivity contribution in [2.24, 2.45) is 5.92 Å². The van der Waals surface area contributed by atoms with Gasteiger partial charge in [-0.3, -0.25) is 4.98 Å². The van der Waals surface area contributed by atoms with Gasteiger partial charge >= 0.3 is 0 Å².